The minimum atomic E-state index is -4.97. The number of aliphatic hydroxyl groups excluding tert-OH is 1. The van der Waals surface area contributed by atoms with Gasteiger partial charge in [0.25, 0.3) is 0 Å². The van der Waals surface area contributed by atoms with Gasteiger partial charge < -0.3 is 33.8 Å². The van der Waals surface area contributed by atoms with E-state index in [1.165, 1.54) is 321 Å². The quantitative estimate of drug-likeness (QED) is 0.0222. The topological polar surface area (TPSA) is 237 Å². The van der Waals surface area contributed by atoms with Gasteiger partial charge in [0.2, 0.25) is 0 Å². The van der Waals surface area contributed by atoms with Gasteiger partial charge in [-0.05, 0) is 31.6 Å². The molecule has 19 heteroatoms. The van der Waals surface area contributed by atoms with E-state index in [0.29, 0.717) is 25.7 Å². The van der Waals surface area contributed by atoms with Crippen molar-refractivity contribution in [3.63, 3.8) is 0 Å². The molecule has 3 N–H and O–H groups in total. The minimum absolute atomic E-state index is 0.109. The SMILES string of the molecule is CCCCCCCCCCCCCCCCCCCCCCCCC(=O)O[C@H](COC(=O)CCCCCCCCCCCCCCCCCCCC)COP(=O)(O)OC[C@@H](O)COP(=O)(O)OC[C@@H](COC(=O)CCCCCCCCCCC(C)CC)OC(=O)CCCCCCCCCCCCCCCCCCCC. The van der Waals surface area contributed by atoms with E-state index in [9.17, 15) is 43.2 Å². The smallest absolute Gasteiger partial charge is 0.462 e. The van der Waals surface area contributed by atoms with E-state index in [0.717, 1.165) is 95.8 Å². The highest BCUT2D eigenvalue weighted by Crippen LogP contribution is 2.45. The van der Waals surface area contributed by atoms with Gasteiger partial charge >= 0.3 is 39.5 Å². The Kier molecular flexibility index (Phi) is 82.1. The van der Waals surface area contributed by atoms with Crippen LogP contribution in [0.1, 0.15) is 497 Å². The fourth-order valence-corrected chi connectivity index (χ4v) is 15.9. The van der Waals surface area contributed by atoms with Crippen molar-refractivity contribution in [1.29, 1.82) is 0 Å². The molecule has 0 aliphatic heterocycles. The molecule has 17 nitrogen and oxygen atoms in total. The number of carbonyl (C=O) groups is 4. The van der Waals surface area contributed by atoms with Crippen LogP contribution in [0, 0.1) is 5.92 Å². The first-order valence-corrected chi connectivity index (χ1v) is 50.2. The van der Waals surface area contributed by atoms with Gasteiger partial charge in [-0.1, -0.05) is 446 Å². The molecule has 0 aliphatic carbocycles. The molecule has 0 fully saturated rings. The van der Waals surface area contributed by atoms with Gasteiger partial charge in [0, 0.05) is 25.7 Å². The van der Waals surface area contributed by atoms with E-state index in [2.05, 4.69) is 34.6 Å². The summed E-state index contributed by atoms with van der Waals surface area (Å²) in [6.07, 6.45) is 79.2. The van der Waals surface area contributed by atoms with Crippen molar-refractivity contribution in [2.45, 2.75) is 515 Å². The molecule has 110 heavy (non-hydrogen) atoms. The normalized spacial score (nSPS) is 13.9. The highest BCUT2D eigenvalue weighted by molar-refractivity contribution is 7.47. The van der Waals surface area contributed by atoms with Crippen LogP contribution in [-0.4, -0.2) is 96.7 Å². The number of rotatable bonds is 91. The van der Waals surface area contributed by atoms with E-state index in [4.69, 9.17) is 37.0 Å². The molecule has 654 valence electrons. The van der Waals surface area contributed by atoms with Crippen LogP contribution in [0.15, 0.2) is 0 Å². The van der Waals surface area contributed by atoms with Crippen LogP contribution in [0.3, 0.4) is 0 Å². The van der Waals surface area contributed by atoms with Crippen molar-refractivity contribution in [3.8, 4) is 0 Å². The van der Waals surface area contributed by atoms with E-state index in [-0.39, 0.29) is 25.7 Å². The van der Waals surface area contributed by atoms with Crippen molar-refractivity contribution in [3.05, 3.63) is 0 Å². The monoisotopic (exact) mass is 1610 g/mol. The predicted octanol–water partition coefficient (Wildman–Crippen LogP) is 28.3. The third kappa shape index (κ3) is 82.6. The molecule has 0 aromatic rings. The second-order valence-corrected chi connectivity index (χ2v) is 35.8. The number of hydrogen-bond donors (Lipinski definition) is 3. The Morgan fingerprint density at radius 1 is 0.255 bits per heavy atom. The molecular formula is C91H178O17P2. The third-order valence-electron chi connectivity index (χ3n) is 21.9. The number of aliphatic hydroxyl groups is 1. The number of hydrogen-bond acceptors (Lipinski definition) is 15. The first-order chi connectivity index (χ1) is 53.6. The van der Waals surface area contributed by atoms with Crippen LogP contribution in [0.25, 0.3) is 0 Å². The van der Waals surface area contributed by atoms with Crippen molar-refractivity contribution in [2.75, 3.05) is 39.6 Å². The molecule has 0 amide bonds. The molecule has 0 rings (SSSR count). The first-order valence-electron chi connectivity index (χ1n) is 47.2. The Balaban J connectivity index is 5.24. The summed E-state index contributed by atoms with van der Waals surface area (Å²) in [4.78, 5) is 73.4. The number of phosphoric ester groups is 2. The highest BCUT2D eigenvalue weighted by Gasteiger charge is 2.31. The molecule has 0 saturated heterocycles. The molecule has 0 spiro atoms. The molecule has 6 atom stereocenters. The Labute approximate surface area is 677 Å². The molecule has 0 aromatic carbocycles. The van der Waals surface area contributed by atoms with Crippen LogP contribution >= 0.6 is 15.6 Å². The van der Waals surface area contributed by atoms with Gasteiger partial charge in [-0.15, -0.1) is 0 Å². The first kappa shape index (κ1) is 108. The maximum Gasteiger partial charge on any atom is 0.472 e. The summed E-state index contributed by atoms with van der Waals surface area (Å²) in [6, 6.07) is 0. The zero-order chi connectivity index (χ0) is 80.4. The Hall–Kier alpha value is -1.94. The zero-order valence-corrected chi connectivity index (χ0v) is 74.2. The predicted molar refractivity (Wildman–Crippen MR) is 455 cm³/mol. The highest BCUT2D eigenvalue weighted by atomic mass is 31.2. The van der Waals surface area contributed by atoms with Gasteiger partial charge in [-0.3, -0.25) is 37.3 Å². The average molecular weight is 1610 g/mol. The summed E-state index contributed by atoms with van der Waals surface area (Å²) in [5.41, 5.74) is 0. The fourth-order valence-electron chi connectivity index (χ4n) is 14.3. The number of unbranched alkanes of at least 4 members (excludes halogenated alkanes) is 62. The summed E-state index contributed by atoms with van der Waals surface area (Å²) in [5, 5.41) is 10.7. The minimum Gasteiger partial charge on any atom is -0.462 e. The summed E-state index contributed by atoms with van der Waals surface area (Å²) < 4.78 is 69.1. The van der Waals surface area contributed by atoms with Crippen LogP contribution in [0.5, 0.6) is 0 Å². The number of ether oxygens (including phenoxy) is 4. The second-order valence-electron chi connectivity index (χ2n) is 32.9. The standard InChI is InChI=1S/C91H178O17P2/c1-6-10-13-16-19-22-25-28-31-34-37-38-39-40-43-46-49-52-55-62-67-72-76-90(95)107-86(80-101-88(93)74-69-64-59-53-50-47-44-41-35-32-29-26-23-20-17-14-11-7-2)82-105-109(97,98)103-78-85(92)79-104-110(99,100)106-83-87(81-102-89(94)75-70-65-60-57-56-58-63-68-73-84(5)9-4)108-91(96)77-71-66-61-54-51-48-45-42-36-33-30-27-24-21-18-15-12-8-3/h84-87,92H,6-83H2,1-5H3,(H,97,98)(H,99,100)/t84?,85-,86-,87-/m1/s1. The average Bonchev–Trinajstić information content (AvgIpc) is 0.898. The lowest BCUT2D eigenvalue weighted by atomic mass is 9.99. The largest absolute Gasteiger partial charge is 0.472 e. The maximum absolute atomic E-state index is 13.2. The molecule has 3 unspecified atom stereocenters. The van der Waals surface area contributed by atoms with Gasteiger partial charge in [-0.25, -0.2) is 9.13 Å². The van der Waals surface area contributed by atoms with Gasteiger partial charge in [0.1, 0.15) is 19.3 Å². The Morgan fingerprint density at radius 2 is 0.436 bits per heavy atom. The lowest BCUT2D eigenvalue weighted by Gasteiger charge is -2.21. The summed E-state index contributed by atoms with van der Waals surface area (Å²) in [6.45, 7) is 7.40. The third-order valence-corrected chi connectivity index (χ3v) is 23.8. The lowest BCUT2D eigenvalue weighted by molar-refractivity contribution is -0.161. The van der Waals surface area contributed by atoms with E-state index in [1.807, 2.05) is 0 Å². The van der Waals surface area contributed by atoms with Gasteiger partial charge in [0.15, 0.2) is 12.2 Å². The number of esters is 4. The van der Waals surface area contributed by atoms with Crippen molar-refractivity contribution < 1.29 is 80.2 Å². The van der Waals surface area contributed by atoms with Crippen LogP contribution in [-0.2, 0) is 65.4 Å². The lowest BCUT2D eigenvalue weighted by Crippen LogP contribution is -2.30. The molecule has 0 bridgehead atoms. The van der Waals surface area contributed by atoms with E-state index >= 15 is 0 Å². The van der Waals surface area contributed by atoms with Gasteiger partial charge in [0.05, 0.1) is 26.4 Å². The maximum atomic E-state index is 13.2. The number of carbonyl (C=O) groups excluding carboxylic acids is 4. The van der Waals surface area contributed by atoms with Crippen molar-refractivity contribution in [1.82, 2.24) is 0 Å². The fraction of sp³-hybridized carbons (Fsp3) is 0.956. The van der Waals surface area contributed by atoms with Crippen LogP contribution < -0.4 is 0 Å². The van der Waals surface area contributed by atoms with Crippen LogP contribution in [0.2, 0.25) is 0 Å². The Morgan fingerprint density at radius 3 is 0.645 bits per heavy atom. The molecule has 0 aromatic heterocycles. The summed E-state index contributed by atoms with van der Waals surface area (Å²) >= 11 is 0. The molecule has 0 aliphatic rings. The summed E-state index contributed by atoms with van der Waals surface area (Å²) in [5.74, 6) is -1.32. The molecular weight excluding hydrogens is 1430 g/mol. The molecule has 0 heterocycles. The number of phosphoric acid groups is 2. The van der Waals surface area contributed by atoms with Gasteiger partial charge in [-0.2, -0.15) is 0 Å². The van der Waals surface area contributed by atoms with Crippen LogP contribution in [0.4, 0.5) is 0 Å². The molecule has 0 radical (unpaired) electrons. The molecule has 0 saturated carbocycles. The summed E-state index contributed by atoms with van der Waals surface area (Å²) in [7, 11) is -9.94. The van der Waals surface area contributed by atoms with E-state index in [1.54, 1.807) is 0 Å². The van der Waals surface area contributed by atoms with E-state index < -0.39 is 97.5 Å². The van der Waals surface area contributed by atoms with Crippen molar-refractivity contribution in [2.24, 2.45) is 5.92 Å². The zero-order valence-electron chi connectivity index (χ0n) is 72.4. The Bertz CT molecular complexity index is 2080. The second kappa shape index (κ2) is 83.5. The van der Waals surface area contributed by atoms with Crippen molar-refractivity contribution >= 4 is 39.5 Å².